The van der Waals surface area contributed by atoms with Gasteiger partial charge in [0.2, 0.25) is 0 Å². The Hall–Kier alpha value is -2.23. The van der Waals surface area contributed by atoms with Crippen molar-refractivity contribution in [2.24, 2.45) is 0 Å². The molecule has 17 heavy (non-hydrogen) atoms. The molecular formula is C13H12N4. The Morgan fingerprint density at radius 2 is 2.00 bits per heavy atom. The Labute approximate surface area is 98.8 Å². The van der Waals surface area contributed by atoms with Crippen molar-refractivity contribution in [3.8, 4) is 0 Å². The Balaban J connectivity index is 2.03. The molecule has 4 nitrogen and oxygen atoms in total. The highest BCUT2D eigenvalue weighted by Gasteiger charge is 2.05. The van der Waals surface area contributed by atoms with Gasteiger partial charge in [0.15, 0.2) is 0 Å². The van der Waals surface area contributed by atoms with Crippen LogP contribution in [0.2, 0.25) is 0 Å². The first-order valence-corrected chi connectivity index (χ1v) is 5.49. The summed E-state index contributed by atoms with van der Waals surface area (Å²) < 4.78 is 0. The largest absolute Gasteiger partial charge is 0.346 e. The van der Waals surface area contributed by atoms with Crippen LogP contribution in [0.1, 0.15) is 16.7 Å². The van der Waals surface area contributed by atoms with Gasteiger partial charge in [-0.25, -0.2) is 15.0 Å². The molecule has 0 spiro atoms. The molecule has 3 aromatic heterocycles. The zero-order chi connectivity index (χ0) is 11.7. The molecule has 1 N–H and O–H groups in total. The number of aromatic nitrogens is 4. The van der Waals surface area contributed by atoms with E-state index >= 15 is 0 Å². The maximum absolute atomic E-state index is 4.36. The molecule has 84 valence electrons. The second-order valence-electron chi connectivity index (χ2n) is 4.15. The van der Waals surface area contributed by atoms with Crippen LogP contribution in [0.15, 0.2) is 37.2 Å². The van der Waals surface area contributed by atoms with Gasteiger partial charge in [-0.3, -0.25) is 0 Å². The van der Waals surface area contributed by atoms with E-state index in [0.717, 1.165) is 17.6 Å². The molecule has 0 atom stereocenters. The smallest absolute Gasteiger partial charge is 0.137 e. The highest BCUT2D eigenvalue weighted by atomic mass is 14.8. The molecular weight excluding hydrogens is 212 g/mol. The molecule has 4 heteroatoms. The zero-order valence-corrected chi connectivity index (χ0v) is 9.51. The Morgan fingerprint density at radius 3 is 2.82 bits per heavy atom. The summed E-state index contributed by atoms with van der Waals surface area (Å²) >= 11 is 0. The molecule has 0 fully saturated rings. The number of aromatic amines is 1. The number of nitrogens with zero attached hydrogens (tertiary/aromatic N) is 3. The SMILES string of the molecule is Cc1cnc2[nH]cc(Cc3cncnc3)c2c1. The molecule has 0 aromatic carbocycles. The Morgan fingerprint density at radius 1 is 1.18 bits per heavy atom. The minimum Gasteiger partial charge on any atom is -0.346 e. The average Bonchev–Trinajstić information content (AvgIpc) is 2.73. The standard InChI is InChI=1S/C13H12N4/c1-9-2-12-11(7-17-13(12)16-4-9)3-10-5-14-8-15-6-10/h2,4-8H,3H2,1H3,(H,16,17). The van der Waals surface area contributed by atoms with E-state index in [2.05, 4.69) is 32.9 Å². The molecule has 0 amide bonds. The van der Waals surface area contributed by atoms with E-state index in [1.165, 1.54) is 16.5 Å². The summed E-state index contributed by atoms with van der Waals surface area (Å²) in [7, 11) is 0. The van der Waals surface area contributed by atoms with Gasteiger partial charge in [-0.1, -0.05) is 0 Å². The minimum atomic E-state index is 0.825. The van der Waals surface area contributed by atoms with Gasteiger partial charge in [-0.2, -0.15) is 0 Å². The van der Waals surface area contributed by atoms with Crippen LogP contribution in [0.3, 0.4) is 0 Å². The number of hydrogen-bond donors (Lipinski definition) is 1. The molecule has 0 aliphatic rings. The third kappa shape index (κ3) is 1.89. The van der Waals surface area contributed by atoms with Gasteiger partial charge in [0, 0.05) is 36.6 Å². The highest BCUT2D eigenvalue weighted by molar-refractivity contribution is 5.80. The van der Waals surface area contributed by atoms with E-state index < -0.39 is 0 Å². The number of hydrogen-bond acceptors (Lipinski definition) is 3. The lowest BCUT2D eigenvalue weighted by atomic mass is 10.1. The second kappa shape index (κ2) is 3.97. The molecule has 0 radical (unpaired) electrons. The van der Waals surface area contributed by atoms with E-state index in [9.17, 15) is 0 Å². The van der Waals surface area contributed by atoms with Gasteiger partial charge in [0.1, 0.15) is 12.0 Å². The summed E-state index contributed by atoms with van der Waals surface area (Å²) in [5.41, 5.74) is 4.44. The molecule has 0 saturated carbocycles. The number of rotatable bonds is 2. The summed E-state index contributed by atoms with van der Waals surface area (Å²) in [5, 5.41) is 1.17. The monoisotopic (exact) mass is 224 g/mol. The minimum absolute atomic E-state index is 0.825. The number of nitrogens with one attached hydrogen (secondary N) is 1. The van der Waals surface area contributed by atoms with Gasteiger partial charge >= 0.3 is 0 Å². The van der Waals surface area contributed by atoms with Crippen LogP contribution in [0.5, 0.6) is 0 Å². The molecule has 0 bridgehead atoms. The van der Waals surface area contributed by atoms with Crippen molar-refractivity contribution in [3.63, 3.8) is 0 Å². The maximum Gasteiger partial charge on any atom is 0.137 e. The van der Waals surface area contributed by atoms with Crippen LogP contribution < -0.4 is 0 Å². The molecule has 3 heterocycles. The van der Waals surface area contributed by atoms with Gasteiger partial charge in [0.25, 0.3) is 0 Å². The van der Waals surface area contributed by atoms with Gasteiger partial charge < -0.3 is 4.98 Å². The topological polar surface area (TPSA) is 54.5 Å². The average molecular weight is 224 g/mol. The predicted octanol–water partition coefficient (Wildman–Crippen LogP) is 2.25. The second-order valence-corrected chi connectivity index (χ2v) is 4.15. The normalized spacial score (nSPS) is 10.9. The fourth-order valence-electron chi connectivity index (χ4n) is 1.95. The number of aryl methyl sites for hydroxylation is 1. The van der Waals surface area contributed by atoms with E-state index in [4.69, 9.17) is 0 Å². The quantitative estimate of drug-likeness (QED) is 0.726. The predicted molar refractivity (Wildman–Crippen MR) is 65.7 cm³/mol. The molecule has 3 aromatic rings. The molecule has 3 rings (SSSR count). The summed E-state index contributed by atoms with van der Waals surface area (Å²) in [5.74, 6) is 0. The van der Waals surface area contributed by atoms with Crippen molar-refractivity contribution in [1.82, 2.24) is 19.9 Å². The first-order chi connectivity index (χ1) is 8.33. The summed E-state index contributed by atoms with van der Waals surface area (Å²) in [6.07, 6.45) is 9.93. The summed E-state index contributed by atoms with van der Waals surface area (Å²) in [6, 6.07) is 2.15. The van der Waals surface area contributed by atoms with Crippen LogP contribution in [0.25, 0.3) is 11.0 Å². The van der Waals surface area contributed by atoms with Crippen molar-refractivity contribution in [2.45, 2.75) is 13.3 Å². The number of H-pyrrole nitrogens is 1. The van der Waals surface area contributed by atoms with Crippen molar-refractivity contribution < 1.29 is 0 Å². The van der Waals surface area contributed by atoms with Crippen LogP contribution in [0, 0.1) is 6.92 Å². The van der Waals surface area contributed by atoms with Crippen LogP contribution >= 0.6 is 0 Å². The fraction of sp³-hybridized carbons (Fsp3) is 0.154. The lowest BCUT2D eigenvalue weighted by Crippen LogP contribution is -1.89. The third-order valence-electron chi connectivity index (χ3n) is 2.76. The van der Waals surface area contributed by atoms with E-state index in [1.54, 1.807) is 6.33 Å². The lowest BCUT2D eigenvalue weighted by Gasteiger charge is -1.99. The Bertz CT molecular complexity index is 643. The van der Waals surface area contributed by atoms with Crippen molar-refractivity contribution in [2.75, 3.05) is 0 Å². The fourth-order valence-corrected chi connectivity index (χ4v) is 1.95. The zero-order valence-electron chi connectivity index (χ0n) is 9.51. The first kappa shape index (κ1) is 9.96. The third-order valence-corrected chi connectivity index (χ3v) is 2.76. The molecule has 0 aliphatic carbocycles. The van der Waals surface area contributed by atoms with Crippen LogP contribution in [-0.4, -0.2) is 19.9 Å². The molecule has 0 saturated heterocycles. The van der Waals surface area contributed by atoms with Gasteiger partial charge in [-0.05, 0) is 29.7 Å². The van der Waals surface area contributed by atoms with Crippen molar-refractivity contribution >= 4 is 11.0 Å². The summed E-state index contributed by atoms with van der Waals surface area (Å²) in [6.45, 7) is 2.05. The van der Waals surface area contributed by atoms with Crippen molar-refractivity contribution in [3.05, 3.63) is 53.9 Å². The van der Waals surface area contributed by atoms with E-state index in [-0.39, 0.29) is 0 Å². The molecule has 0 aliphatic heterocycles. The molecule has 0 unspecified atom stereocenters. The summed E-state index contributed by atoms with van der Waals surface area (Å²) in [4.78, 5) is 15.6. The highest BCUT2D eigenvalue weighted by Crippen LogP contribution is 2.19. The Kier molecular flexibility index (Phi) is 2.33. The van der Waals surface area contributed by atoms with Gasteiger partial charge in [-0.15, -0.1) is 0 Å². The van der Waals surface area contributed by atoms with Crippen LogP contribution in [-0.2, 0) is 6.42 Å². The lowest BCUT2D eigenvalue weighted by molar-refractivity contribution is 1.07. The van der Waals surface area contributed by atoms with E-state index in [1.807, 2.05) is 24.8 Å². The van der Waals surface area contributed by atoms with Crippen LogP contribution in [0.4, 0.5) is 0 Å². The first-order valence-electron chi connectivity index (χ1n) is 5.49. The van der Waals surface area contributed by atoms with Crippen molar-refractivity contribution in [1.29, 1.82) is 0 Å². The van der Waals surface area contributed by atoms with E-state index in [0.29, 0.717) is 0 Å². The number of fused-ring (bicyclic) bond motifs is 1. The van der Waals surface area contributed by atoms with Gasteiger partial charge in [0.05, 0.1) is 0 Å². The maximum atomic E-state index is 4.36. The number of pyridine rings is 1.